The summed E-state index contributed by atoms with van der Waals surface area (Å²) in [5.74, 6) is -0.898. The molecule has 0 radical (unpaired) electrons. The van der Waals surface area contributed by atoms with Gasteiger partial charge in [-0.3, -0.25) is 4.79 Å². The summed E-state index contributed by atoms with van der Waals surface area (Å²) in [6.07, 6.45) is 4.83. The van der Waals surface area contributed by atoms with Crippen LogP contribution >= 0.6 is 0 Å². The van der Waals surface area contributed by atoms with Crippen molar-refractivity contribution in [3.63, 3.8) is 0 Å². The number of hydrogen-bond donors (Lipinski definition) is 1. The number of hydrogen-bond acceptors (Lipinski definition) is 4. The Balaban J connectivity index is 0.00000210. The van der Waals surface area contributed by atoms with Crippen molar-refractivity contribution < 1.29 is 40.8 Å². The van der Waals surface area contributed by atoms with Crippen molar-refractivity contribution in [2.75, 3.05) is 20.2 Å². The smallest absolute Gasteiger partial charge is 0.316 e. The summed E-state index contributed by atoms with van der Waals surface area (Å²) in [6, 6.07) is 10.3. The number of rotatable bonds is 7. The van der Waals surface area contributed by atoms with Crippen molar-refractivity contribution in [2.45, 2.75) is 68.9 Å². The Kier molecular flexibility index (Phi) is 6.31. The number of nitrogens with zero attached hydrogens (tertiary/aromatic N) is 1. The van der Waals surface area contributed by atoms with E-state index in [4.69, 9.17) is 9.47 Å². The highest BCUT2D eigenvalue weighted by Crippen LogP contribution is 2.52. The van der Waals surface area contributed by atoms with Crippen LogP contribution in [0.4, 0.5) is 0 Å². The summed E-state index contributed by atoms with van der Waals surface area (Å²) < 4.78 is 12.9. The zero-order chi connectivity index (χ0) is 18.3. The number of aliphatic hydroxyl groups excluding tert-OH is 1. The molecule has 4 rings (SSSR count). The van der Waals surface area contributed by atoms with Crippen molar-refractivity contribution in [3.05, 3.63) is 35.9 Å². The van der Waals surface area contributed by atoms with Gasteiger partial charge in [-0.05, 0) is 12.0 Å². The minimum Gasteiger partial charge on any atom is -1.00 e. The maximum Gasteiger partial charge on any atom is 0.316 e. The fourth-order valence-electron chi connectivity index (χ4n) is 5.23. The standard InChI is InChI=1S/C21H30NO4.BrH/c1-3-4-10-22(2)17-11-15(12-18(22)20-19(17)26-20)25-21(24)16(13-23)14-8-6-5-7-9-14;/h5-9,15-20,23H,3-4,10-13H2,1-2H3;1H/q+1;/p-1/t15?,16?,17-,18-,19-,20+,22?;/m0./s1. The molecule has 3 saturated heterocycles. The van der Waals surface area contributed by atoms with Gasteiger partial charge in [-0.15, -0.1) is 0 Å². The van der Waals surface area contributed by atoms with Crippen LogP contribution in [0.15, 0.2) is 30.3 Å². The van der Waals surface area contributed by atoms with E-state index < -0.39 is 5.92 Å². The number of carbonyl (C=O) groups excluding carboxylic acids is 1. The van der Waals surface area contributed by atoms with Gasteiger partial charge >= 0.3 is 5.97 Å². The molecule has 27 heavy (non-hydrogen) atoms. The van der Waals surface area contributed by atoms with Crippen LogP contribution in [0.5, 0.6) is 0 Å². The molecule has 3 aliphatic heterocycles. The highest BCUT2D eigenvalue weighted by Gasteiger charge is 2.71. The van der Waals surface area contributed by atoms with E-state index in [0.29, 0.717) is 24.3 Å². The quantitative estimate of drug-likeness (QED) is 0.344. The van der Waals surface area contributed by atoms with Gasteiger partial charge in [0, 0.05) is 12.8 Å². The molecule has 6 heteroatoms. The zero-order valence-corrected chi connectivity index (χ0v) is 17.7. The van der Waals surface area contributed by atoms with E-state index in [2.05, 4.69) is 14.0 Å². The molecule has 150 valence electrons. The van der Waals surface area contributed by atoms with E-state index in [1.165, 1.54) is 19.4 Å². The van der Waals surface area contributed by atoms with Crippen LogP contribution in [0.25, 0.3) is 0 Å². The van der Waals surface area contributed by atoms with Crippen LogP contribution < -0.4 is 17.0 Å². The first-order valence-corrected chi connectivity index (χ1v) is 9.95. The minimum absolute atomic E-state index is 0. The van der Waals surface area contributed by atoms with E-state index in [1.807, 2.05) is 30.3 Å². The molecule has 2 bridgehead atoms. The second-order valence-electron chi connectivity index (χ2n) is 8.30. The first-order valence-electron chi connectivity index (χ1n) is 9.95. The largest absolute Gasteiger partial charge is 1.00 e. The Hall–Kier alpha value is -0.950. The number of esters is 1. The normalized spacial score (nSPS) is 37.1. The summed E-state index contributed by atoms with van der Waals surface area (Å²) in [6.45, 7) is 3.20. The van der Waals surface area contributed by atoms with Gasteiger partial charge in [0.25, 0.3) is 0 Å². The minimum atomic E-state index is -0.595. The fraction of sp³-hybridized carbons (Fsp3) is 0.667. The first-order chi connectivity index (χ1) is 12.6. The van der Waals surface area contributed by atoms with Crippen molar-refractivity contribution in [1.29, 1.82) is 0 Å². The lowest BCUT2D eigenvalue weighted by atomic mass is 9.94. The number of piperidine rings is 1. The Labute approximate surface area is 172 Å². The SMILES string of the molecule is CCCC[N+]1(C)[C@H]2CC(OC(=O)C(CO)c3ccccc3)C[C@H]1[C@H]1O[C@H]12.[Br-]. The number of carbonyl (C=O) groups is 1. The number of benzene rings is 1. The number of aliphatic hydroxyl groups is 1. The van der Waals surface area contributed by atoms with Crippen molar-refractivity contribution in [1.82, 2.24) is 0 Å². The first kappa shape index (κ1) is 20.8. The second-order valence-corrected chi connectivity index (χ2v) is 8.30. The third-order valence-electron chi connectivity index (χ3n) is 6.79. The van der Waals surface area contributed by atoms with E-state index in [-0.39, 0.29) is 35.7 Å². The van der Waals surface area contributed by atoms with E-state index in [1.54, 1.807) is 0 Å². The van der Waals surface area contributed by atoms with Gasteiger partial charge in [-0.1, -0.05) is 43.7 Å². The summed E-state index contributed by atoms with van der Waals surface area (Å²) in [5.41, 5.74) is 0.813. The third-order valence-corrected chi connectivity index (χ3v) is 6.79. The van der Waals surface area contributed by atoms with Crippen LogP contribution in [0.2, 0.25) is 0 Å². The molecular weight excluding hydrogens is 410 g/mol. The Morgan fingerprint density at radius 3 is 2.44 bits per heavy atom. The molecular formula is C21H30BrNO4. The lowest BCUT2D eigenvalue weighted by Crippen LogP contribution is -3.00. The molecule has 0 spiro atoms. The second kappa shape index (κ2) is 8.19. The van der Waals surface area contributed by atoms with Gasteiger partial charge in [0.15, 0.2) is 0 Å². The van der Waals surface area contributed by atoms with Crippen LogP contribution in [-0.4, -0.2) is 66.2 Å². The van der Waals surface area contributed by atoms with Gasteiger partial charge in [0.2, 0.25) is 0 Å². The number of likely N-dealkylation sites (N-methyl/N-ethyl adjacent to an activating group) is 1. The topological polar surface area (TPSA) is 59.1 Å². The number of ether oxygens (including phenoxy) is 2. The van der Waals surface area contributed by atoms with Gasteiger partial charge in [0.1, 0.15) is 36.3 Å². The Bertz CT molecular complexity index is 637. The monoisotopic (exact) mass is 439 g/mol. The Morgan fingerprint density at radius 1 is 1.26 bits per heavy atom. The molecule has 5 nitrogen and oxygen atoms in total. The van der Waals surface area contributed by atoms with Gasteiger partial charge in [-0.2, -0.15) is 0 Å². The summed E-state index contributed by atoms with van der Waals surface area (Å²) in [5, 5.41) is 9.70. The summed E-state index contributed by atoms with van der Waals surface area (Å²) >= 11 is 0. The predicted octanol–water partition coefficient (Wildman–Crippen LogP) is -0.763. The third kappa shape index (κ3) is 3.69. The molecule has 3 unspecified atom stereocenters. The van der Waals surface area contributed by atoms with Crippen molar-refractivity contribution in [3.8, 4) is 0 Å². The van der Waals surface area contributed by atoms with Crippen molar-refractivity contribution >= 4 is 5.97 Å². The predicted molar refractivity (Wildman–Crippen MR) is 97.6 cm³/mol. The molecule has 1 aromatic rings. The Morgan fingerprint density at radius 2 is 1.89 bits per heavy atom. The number of unbranched alkanes of at least 4 members (excludes halogenated alkanes) is 1. The van der Waals surface area contributed by atoms with E-state index >= 15 is 0 Å². The molecule has 7 atom stereocenters. The maximum absolute atomic E-state index is 12.7. The number of halogens is 1. The molecule has 1 aromatic carbocycles. The van der Waals surface area contributed by atoms with Crippen LogP contribution in [-0.2, 0) is 14.3 Å². The highest BCUT2D eigenvalue weighted by atomic mass is 79.9. The average molecular weight is 440 g/mol. The molecule has 0 amide bonds. The van der Waals surface area contributed by atoms with E-state index in [0.717, 1.165) is 22.9 Å². The van der Waals surface area contributed by atoms with Gasteiger partial charge in [0.05, 0.1) is 20.2 Å². The van der Waals surface area contributed by atoms with Gasteiger partial charge < -0.3 is 36.0 Å². The molecule has 3 aliphatic rings. The molecule has 0 aromatic heterocycles. The molecule has 0 saturated carbocycles. The van der Waals surface area contributed by atoms with E-state index in [9.17, 15) is 9.90 Å². The molecule has 3 heterocycles. The maximum atomic E-state index is 12.7. The molecule has 1 N–H and O–H groups in total. The summed E-state index contributed by atoms with van der Waals surface area (Å²) in [4.78, 5) is 12.7. The molecule has 0 aliphatic carbocycles. The average Bonchev–Trinajstić information content (AvgIpc) is 3.40. The van der Waals surface area contributed by atoms with Crippen LogP contribution in [0, 0.1) is 0 Å². The number of quaternary nitrogens is 1. The number of fused-ring (bicyclic) bond motifs is 5. The fourth-order valence-corrected chi connectivity index (χ4v) is 5.23. The highest BCUT2D eigenvalue weighted by molar-refractivity contribution is 5.78. The van der Waals surface area contributed by atoms with Crippen LogP contribution in [0.1, 0.15) is 44.1 Å². The lowest BCUT2D eigenvalue weighted by Gasteiger charge is -2.48. The van der Waals surface area contributed by atoms with Crippen molar-refractivity contribution in [2.24, 2.45) is 0 Å². The summed E-state index contributed by atoms with van der Waals surface area (Å²) in [7, 11) is 2.36. The molecule has 3 fully saturated rings. The number of epoxide rings is 1. The number of morpholine rings is 1. The zero-order valence-electron chi connectivity index (χ0n) is 16.1. The lowest BCUT2D eigenvalue weighted by molar-refractivity contribution is -0.956. The van der Waals surface area contributed by atoms with Gasteiger partial charge in [-0.25, -0.2) is 0 Å². The van der Waals surface area contributed by atoms with Crippen LogP contribution in [0.3, 0.4) is 0 Å².